The lowest BCUT2D eigenvalue weighted by atomic mass is 10.2. The van der Waals surface area contributed by atoms with E-state index in [0.717, 1.165) is 34.8 Å². The van der Waals surface area contributed by atoms with Gasteiger partial charge in [-0.2, -0.15) is 0 Å². The van der Waals surface area contributed by atoms with Gasteiger partial charge in [-0.1, -0.05) is 42.1 Å². The van der Waals surface area contributed by atoms with E-state index < -0.39 is 0 Å². The topological polar surface area (TPSA) is 38.1 Å². The Hall–Kier alpha value is -2.27. The molecular formula is C19H19N3OS. The Morgan fingerprint density at radius 1 is 1.17 bits per heavy atom. The van der Waals surface area contributed by atoms with Crippen molar-refractivity contribution in [1.29, 1.82) is 0 Å². The van der Waals surface area contributed by atoms with Crippen LogP contribution in [-0.4, -0.2) is 27.3 Å². The molecule has 0 bridgehead atoms. The summed E-state index contributed by atoms with van der Waals surface area (Å²) in [5, 5.41) is 0.705. The van der Waals surface area contributed by atoms with Crippen molar-refractivity contribution in [2.45, 2.75) is 23.8 Å². The van der Waals surface area contributed by atoms with Gasteiger partial charge >= 0.3 is 0 Å². The zero-order valence-electron chi connectivity index (χ0n) is 13.8. The van der Waals surface area contributed by atoms with Gasteiger partial charge in [0.1, 0.15) is 0 Å². The number of rotatable bonds is 3. The van der Waals surface area contributed by atoms with Gasteiger partial charge in [0.15, 0.2) is 5.16 Å². The lowest BCUT2D eigenvalue weighted by molar-refractivity contribution is -0.117. The van der Waals surface area contributed by atoms with Crippen LogP contribution in [0.1, 0.15) is 12.5 Å². The Morgan fingerprint density at radius 3 is 2.75 bits per heavy atom. The summed E-state index contributed by atoms with van der Waals surface area (Å²) < 4.78 is 2.06. The van der Waals surface area contributed by atoms with Crippen molar-refractivity contribution in [3.63, 3.8) is 0 Å². The summed E-state index contributed by atoms with van der Waals surface area (Å²) in [4.78, 5) is 19.5. The highest BCUT2D eigenvalue weighted by molar-refractivity contribution is 8.00. The van der Waals surface area contributed by atoms with Gasteiger partial charge in [0.2, 0.25) is 5.91 Å². The van der Waals surface area contributed by atoms with Crippen LogP contribution in [0.2, 0.25) is 0 Å². The number of carbonyl (C=O) groups excluding carboxylic acids is 1. The van der Waals surface area contributed by atoms with E-state index in [0.29, 0.717) is 0 Å². The van der Waals surface area contributed by atoms with E-state index in [1.54, 1.807) is 0 Å². The molecule has 2 aromatic carbocycles. The van der Waals surface area contributed by atoms with Crippen molar-refractivity contribution in [3.8, 4) is 0 Å². The third-order valence-electron chi connectivity index (χ3n) is 4.53. The maximum Gasteiger partial charge on any atom is 0.240 e. The summed E-state index contributed by atoms with van der Waals surface area (Å²) in [5.41, 5.74) is 4.37. The van der Waals surface area contributed by atoms with Crippen LogP contribution >= 0.6 is 11.8 Å². The molecule has 1 aromatic heterocycles. The van der Waals surface area contributed by atoms with Crippen molar-refractivity contribution in [1.82, 2.24) is 9.55 Å². The molecule has 0 fully saturated rings. The predicted octanol–water partition coefficient (Wildman–Crippen LogP) is 3.64. The van der Waals surface area contributed by atoms with E-state index in [9.17, 15) is 4.79 Å². The molecular weight excluding hydrogens is 318 g/mol. The minimum atomic E-state index is -0.174. The number of nitrogens with zero attached hydrogens (tertiary/aromatic N) is 3. The molecule has 1 atom stereocenters. The number of aromatic nitrogens is 2. The molecule has 3 aromatic rings. The monoisotopic (exact) mass is 337 g/mol. The summed E-state index contributed by atoms with van der Waals surface area (Å²) in [6.45, 7) is 2.74. The van der Waals surface area contributed by atoms with Gasteiger partial charge in [-0.3, -0.25) is 4.79 Å². The number of anilines is 1. The molecule has 24 heavy (non-hydrogen) atoms. The molecule has 0 spiro atoms. The number of imidazole rings is 1. The van der Waals surface area contributed by atoms with Gasteiger partial charge in [0.05, 0.1) is 16.3 Å². The van der Waals surface area contributed by atoms with E-state index in [2.05, 4.69) is 21.7 Å². The number of aryl methyl sites for hydroxylation is 1. The lowest BCUT2D eigenvalue weighted by Crippen LogP contribution is -2.35. The smallest absolute Gasteiger partial charge is 0.240 e. The fraction of sp³-hybridized carbons (Fsp3) is 0.263. The van der Waals surface area contributed by atoms with Crippen molar-refractivity contribution in [2.24, 2.45) is 7.05 Å². The van der Waals surface area contributed by atoms with Crippen LogP contribution in [0.4, 0.5) is 5.69 Å². The van der Waals surface area contributed by atoms with Crippen LogP contribution in [0, 0.1) is 0 Å². The number of carbonyl (C=O) groups is 1. The highest BCUT2D eigenvalue weighted by Gasteiger charge is 2.29. The number of hydrogen-bond acceptors (Lipinski definition) is 3. The molecule has 4 rings (SSSR count). The minimum Gasteiger partial charge on any atom is -0.322 e. The van der Waals surface area contributed by atoms with Gasteiger partial charge in [0.25, 0.3) is 0 Å². The number of para-hydroxylation sites is 3. The first-order chi connectivity index (χ1) is 11.6. The van der Waals surface area contributed by atoms with Crippen LogP contribution in [0.15, 0.2) is 53.7 Å². The van der Waals surface area contributed by atoms with Crippen LogP contribution in [0.25, 0.3) is 11.0 Å². The van der Waals surface area contributed by atoms with Crippen LogP contribution in [0.5, 0.6) is 0 Å². The average molecular weight is 337 g/mol. The number of amides is 1. The number of hydrogen-bond donors (Lipinski definition) is 0. The predicted molar refractivity (Wildman–Crippen MR) is 98.5 cm³/mol. The summed E-state index contributed by atoms with van der Waals surface area (Å²) in [6.07, 6.45) is 0.936. The first-order valence-corrected chi connectivity index (χ1v) is 9.00. The Labute approximate surface area is 145 Å². The summed E-state index contributed by atoms with van der Waals surface area (Å²) in [6, 6.07) is 16.2. The molecule has 2 heterocycles. The lowest BCUT2D eigenvalue weighted by Gasteiger charge is -2.21. The van der Waals surface area contributed by atoms with Crippen LogP contribution < -0.4 is 4.90 Å². The molecule has 0 N–H and O–H groups in total. The Kier molecular flexibility index (Phi) is 3.81. The van der Waals surface area contributed by atoms with Crippen LogP contribution in [0.3, 0.4) is 0 Å². The second kappa shape index (κ2) is 5.98. The number of benzene rings is 2. The fourth-order valence-electron chi connectivity index (χ4n) is 3.22. The number of fused-ring (bicyclic) bond motifs is 2. The van der Waals surface area contributed by atoms with Crippen LogP contribution in [-0.2, 0) is 18.3 Å². The normalized spacial score (nSPS) is 14.8. The van der Waals surface area contributed by atoms with E-state index in [1.165, 1.54) is 17.3 Å². The Balaban J connectivity index is 1.57. The summed E-state index contributed by atoms with van der Waals surface area (Å²) in [7, 11) is 2.00. The van der Waals surface area contributed by atoms with Gasteiger partial charge < -0.3 is 9.47 Å². The standard InChI is InChI=1S/C19H19N3OS/c1-13(18(23)22-12-11-14-7-3-5-9-16(14)22)24-19-20-15-8-4-6-10-17(15)21(19)2/h3-10,13H,11-12H2,1-2H3/t13-/m1/s1. The Bertz CT molecular complexity index is 918. The molecule has 0 unspecified atom stereocenters. The third kappa shape index (κ3) is 2.49. The maximum atomic E-state index is 12.9. The van der Waals surface area contributed by atoms with Crippen molar-refractivity contribution >= 4 is 34.4 Å². The first-order valence-electron chi connectivity index (χ1n) is 8.12. The van der Waals surface area contributed by atoms with E-state index in [4.69, 9.17) is 0 Å². The highest BCUT2D eigenvalue weighted by Crippen LogP contribution is 2.32. The number of thioether (sulfide) groups is 1. The molecule has 122 valence electrons. The van der Waals surface area contributed by atoms with Gasteiger partial charge in [-0.15, -0.1) is 0 Å². The van der Waals surface area contributed by atoms with E-state index >= 15 is 0 Å². The second-order valence-electron chi connectivity index (χ2n) is 6.07. The largest absolute Gasteiger partial charge is 0.322 e. The third-order valence-corrected chi connectivity index (χ3v) is 5.66. The van der Waals surface area contributed by atoms with Gasteiger partial charge in [-0.25, -0.2) is 4.98 Å². The molecule has 1 aliphatic rings. The van der Waals surface area contributed by atoms with Crippen molar-refractivity contribution in [3.05, 3.63) is 54.1 Å². The van der Waals surface area contributed by atoms with E-state index in [-0.39, 0.29) is 11.2 Å². The minimum absolute atomic E-state index is 0.150. The molecule has 1 amide bonds. The molecule has 0 radical (unpaired) electrons. The zero-order chi connectivity index (χ0) is 16.7. The molecule has 5 heteroatoms. The maximum absolute atomic E-state index is 12.9. The molecule has 1 aliphatic heterocycles. The van der Waals surface area contributed by atoms with Crippen molar-refractivity contribution in [2.75, 3.05) is 11.4 Å². The fourth-order valence-corrected chi connectivity index (χ4v) is 4.18. The Morgan fingerprint density at radius 2 is 1.92 bits per heavy atom. The molecule has 0 aliphatic carbocycles. The summed E-state index contributed by atoms with van der Waals surface area (Å²) in [5.74, 6) is 0.150. The van der Waals surface area contributed by atoms with E-state index in [1.807, 2.05) is 55.3 Å². The first kappa shape index (κ1) is 15.3. The molecule has 4 nitrogen and oxygen atoms in total. The van der Waals surface area contributed by atoms with Gasteiger partial charge in [-0.05, 0) is 37.1 Å². The molecule has 0 saturated heterocycles. The SMILES string of the molecule is C[C@@H](Sc1nc2ccccc2n1C)C(=O)N1CCc2ccccc21. The second-order valence-corrected chi connectivity index (χ2v) is 7.38. The van der Waals surface area contributed by atoms with Crippen molar-refractivity contribution < 1.29 is 4.79 Å². The quantitative estimate of drug-likeness (QED) is 0.685. The zero-order valence-corrected chi connectivity index (χ0v) is 14.6. The molecule has 0 saturated carbocycles. The van der Waals surface area contributed by atoms with Gasteiger partial charge in [0, 0.05) is 19.3 Å². The highest BCUT2D eigenvalue weighted by atomic mass is 32.2. The summed E-state index contributed by atoms with van der Waals surface area (Å²) >= 11 is 1.53. The average Bonchev–Trinajstić information content (AvgIpc) is 3.16.